The lowest BCUT2D eigenvalue weighted by atomic mass is 10.0. The minimum atomic E-state index is -4.70. The number of nitrogens with zero attached hydrogens (tertiary/aromatic N) is 2. The number of fused-ring (bicyclic) bond motifs is 1. The molecule has 7 heteroatoms. The van der Waals surface area contributed by atoms with Gasteiger partial charge in [-0.2, -0.15) is 18.4 Å². The number of aryl methyl sites for hydroxylation is 1. The number of nitriles is 1. The SMILES string of the molecule is CC.COc1cc2nc(C(F)(F)F)c(C#N)c(C)c2cc1OC. The van der Waals surface area contributed by atoms with Crippen molar-refractivity contribution in [3.05, 3.63) is 29.0 Å². The van der Waals surface area contributed by atoms with E-state index >= 15 is 0 Å². The maximum absolute atomic E-state index is 13.0. The summed E-state index contributed by atoms with van der Waals surface area (Å²) in [5.74, 6) is 0.633. The topological polar surface area (TPSA) is 55.1 Å². The Kier molecular flexibility index (Phi) is 5.79. The van der Waals surface area contributed by atoms with E-state index < -0.39 is 17.4 Å². The molecule has 1 aromatic carbocycles. The highest BCUT2D eigenvalue weighted by molar-refractivity contribution is 5.87. The molecule has 23 heavy (non-hydrogen) atoms. The number of alkyl halides is 3. The van der Waals surface area contributed by atoms with Crippen LogP contribution in [0.15, 0.2) is 12.1 Å². The maximum Gasteiger partial charge on any atom is 0.434 e. The fourth-order valence-electron chi connectivity index (χ4n) is 2.09. The van der Waals surface area contributed by atoms with Gasteiger partial charge in [0, 0.05) is 11.5 Å². The minimum absolute atomic E-state index is 0.0940. The molecule has 0 unspecified atom stereocenters. The average molecular weight is 326 g/mol. The van der Waals surface area contributed by atoms with Crippen molar-refractivity contribution in [3.8, 4) is 17.6 Å². The van der Waals surface area contributed by atoms with Gasteiger partial charge in [0.1, 0.15) is 6.07 Å². The Labute approximate surface area is 132 Å². The van der Waals surface area contributed by atoms with Crippen LogP contribution in [0.2, 0.25) is 0 Å². The van der Waals surface area contributed by atoms with Gasteiger partial charge in [-0.3, -0.25) is 0 Å². The van der Waals surface area contributed by atoms with Crippen LogP contribution < -0.4 is 9.47 Å². The molecule has 1 heterocycles. The molecule has 4 nitrogen and oxygen atoms in total. The maximum atomic E-state index is 13.0. The first-order valence-electron chi connectivity index (χ1n) is 6.87. The smallest absolute Gasteiger partial charge is 0.434 e. The summed E-state index contributed by atoms with van der Waals surface area (Å²) in [6.45, 7) is 5.45. The lowest BCUT2D eigenvalue weighted by Gasteiger charge is -2.14. The van der Waals surface area contributed by atoms with Crippen LogP contribution in [0.4, 0.5) is 13.2 Å². The van der Waals surface area contributed by atoms with E-state index in [0.29, 0.717) is 11.1 Å². The molecule has 0 aliphatic carbocycles. The van der Waals surface area contributed by atoms with Gasteiger partial charge in [0.05, 0.1) is 25.3 Å². The van der Waals surface area contributed by atoms with Crippen molar-refractivity contribution in [1.29, 1.82) is 5.26 Å². The number of halogens is 3. The summed E-state index contributed by atoms with van der Waals surface area (Å²) >= 11 is 0. The zero-order chi connectivity index (χ0) is 17.8. The number of ether oxygens (including phenoxy) is 2. The molecule has 1 aromatic heterocycles. The third-order valence-electron chi connectivity index (χ3n) is 3.13. The quantitative estimate of drug-likeness (QED) is 0.816. The molecular formula is C16H17F3N2O2. The predicted molar refractivity (Wildman–Crippen MR) is 80.6 cm³/mol. The molecule has 0 saturated heterocycles. The van der Waals surface area contributed by atoms with Crippen molar-refractivity contribution >= 4 is 10.9 Å². The average Bonchev–Trinajstić information content (AvgIpc) is 2.54. The van der Waals surface area contributed by atoms with Gasteiger partial charge in [-0.05, 0) is 18.6 Å². The summed E-state index contributed by atoms with van der Waals surface area (Å²) in [5.41, 5.74) is -1.38. The second-order valence-corrected chi connectivity index (χ2v) is 4.29. The van der Waals surface area contributed by atoms with E-state index in [1.54, 1.807) is 6.07 Å². The van der Waals surface area contributed by atoms with Crippen molar-refractivity contribution in [2.45, 2.75) is 26.9 Å². The van der Waals surface area contributed by atoms with Crippen LogP contribution >= 0.6 is 0 Å². The van der Waals surface area contributed by atoms with Gasteiger partial charge in [0.2, 0.25) is 0 Å². The molecule has 0 bridgehead atoms. The zero-order valence-electron chi connectivity index (χ0n) is 13.5. The van der Waals surface area contributed by atoms with Gasteiger partial charge >= 0.3 is 6.18 Å². The molecule has 2 rings (SSSR count). The lowest BCUT2D eigenvalue weighted by molar-refractivity contribution is -0.141. The molecular weight excluding hydrogens is 309 g/mol. The molecule has 0 atom stereocenters. The van der Waals surface area contributed by atoms with E-state index in [1.165, 1.54) is 33.3 Å². The Balaban J connectivity index is 0.00000127. The second-order valence-electron chi connectivity index (χ2n) is 4.29. The van der Waals surface area contributed by atoms with Crippen molar-refractivity contribution in [1.82, 2.24) is 4.98 Å². The summed E-state index contributed by atoms with van der Waals surface area (Å²) in [7, 11) is 2.80. The normalized spacial score (nSPS) is 10.6. The lowest BCUT2D eigenvalue weighted by Crippen LogP contribution is -2.12. The van der Waals surface area contributed by atoms with Gasteiger partial charge in [0.25, 0.3) is 0 Å². The van der Waals surface area contributed by atoms with Crippen LogP contribution in [0.1, 0.15) is 30.7 Å². The number of rotatable bonds is 2. The summed E-state index contributed by atoms with van der Waals surface area (Å²) in [5, 5.41) is 9.42. The van der Waals surface area contributed by atoms with Gasteiger partial charge in [-0.1, -0.05) is 13.8 Å². The van der Waals surface area contributed by atoms with Crippen LogP contribution in [0.3, 0.4) is 0 Å². The first kappa shape index (κ1) is 18.6. The molecule has 0 aliphatic heterocycles. The number of pyridine rings is 1. The monoisotopic (exact) mass is 326 g/mol. The second kappa shape index (κ2) is 7.18. The van der Waals surface area contributed by atoms with Crippen LogP contribution in [0, 0.1) is 18.3 Å². The number of hydrogen-bond acceptors (Lipinski definition) is 4. The Bertz CT molecular complexity index is 750. The molecule has 0 saturated carbocycles. The molecule has 0 N–H and O–H groups in total. The first-order valence-corrected chi connectivity index (χ1v) is 6.87. The molecule has 0 amide bonds. The number of methoxy groups -OCH3 is 2. The third kappa shape index (κ3) is 3.47. The molecule has 0 aliphatic rings. The van der Waals surface area contributed by atoms with Crippen molar-refractivity contribution in [3.63, 3.8) is 0 Å². The predicted octanol–water partition coefficient (Wildman–Crippen LogP) is 4.48. The molecule has 0 spiro atoms. The standard InChI is InChI=1S/C14H11F3N2O2.C2H6/c1-7-8-4-11(20-2)12(21-3)5-10(8)19-13(9(7)6-18)14(15,16)17;1-2/h4-5H,1-3H3;1-2H3. The molecule has 0 radical (unpaired) electrons. The van der Waals surface area contributed by atoms with E-state index in [-0.39, 0.29) is 16.8 Å². The number of benzene rings is 1. The van der Waals surface area contributed by atoms with Crippen LogP contribution in [0.25, 0.3) is 10.9 Å². The largest absolute Gasteiger partial charge is 0.493 e. The summed E-state index contributed by atoms with van der Waals surface area (Å²) in [6.07, 6.45) is -4.70. The van der Waals surface area contributed by atoms with Crippen molar-refractivity contribution in [2.75, 3.05) is 14.2 Å². The fraction of sp³-hybridized carbons (Fsp3) is 0.375. The fourth-order valence-corrected chi connectivity index (χ4v) is 2.09. The van der Waals surface area contributed by atoms with Crippen LogP contribution in [0.5, 0.6) is 11.5 Å². The van der Waals surface area contributed by atoms with Crippen molar-refractivity contribution in [2.24, 2.45) is 0 Å². The zero-order valence-corrected chi connectivity index (χ0v) is 13.5. The molecule has 2 aromatic rings. The molecule has 124 valence electrons. The molecule has 0 fully saturated rings. The van der Waals surface area contributed by atoms with E-state index in [1.807, 2.05) is 13.8 Å². The highest BCUT2D eigenvalue weighted by Crippen LogP contribution is 2.38. The van der Waals surface area contributed by atoms with E-state index in [9.17, 15) is 13.2 Å². The highest BCUT2D eigenvalue weighted by atomic mass is 19.4. The third-order valence-corrected chi connectivity index (χ3v) is 3.13. The van der Waals surface area contributed by atoms with Gasteiger partial charge in [0.15, 0.2) is 17.2 Å². The Morgan fingerprint density at radius 1 is 1.09 bits per heavy atom. The van der Waals surface area contributed by atoms with Crippen LogP contribution in [-0.2, 0) is 6.18 Å². The Morgan fingerprint density at radius 3 is 2.04 bits per heavy atom. The highest BCUT2D eigenvalue weighted by Gasteiger charge is 2.37. The van der Waals surface area contributed by atoms with Crippen molar-refractivity contribution < 1.29 is 22.6 Å². The van der Waals surface area contributed by atoms with E-state index in [0.717, 1.165) is 0 Å². The number of aromatic nitrogens is 1. The number of hydrogen-bond donors (Lipinski definition) is 0. The van der Waals surface area contributed by atoms with E-state index in [4.69, 9.17) is 14.7 Å². The minimum Gasteiger partial charge on any atom is -0.493 e. The van der Waals surface area contributed by atoms with Gasteiger partial charge in [-0.25, -0.2) is 4.98 Å². The van der Waals surface area contributed by atoms with E-state index in [2.05, 4.69) is 4.98 Å². The Hall–Kier alpha value is -2.49. The van der Waals surface area contributed by atoms with Gasteiger partial charge < -0.3 is 9.47 Å². The summed E-state index contributed by atoms with van der Waals surface area (Å²) in [4.78, 5) is 3.58. The summed E-state index contributed by atoms with van der Waals surface area (Å²) in [6, 6.07) is 4.44. The Morgan fingerprint density at radius 2 is 1.61 bits per heavy atom. The van der Waals surface area contributed by atoms with Gasteiger partial charge in [-0.15, -0.1) is 0 Å². The first-order chi connectivity index (χ1) is 10.8. The summed E-state index contributed by atoms with van der Waals surface area (Å²) < 4.78 is 49.2. The van der Waals surface area contributed by atoms with Crippen LogP contribution in [-0.4, -0.2) is 19.2 Å².